The maximum Gasteiger partial charge on any atom is 0.261 e. The van der Waals surface area contributed by atoms with Gasteiger partial charge in [-0.15, -0.1) is 11.8 Å². The van der Waals surface area contributed by atoms with Crippen molar-refractivity contribution in [1.29, 1.82) is 0 Å². The van der Waals surface area contributed by atoms with Crippen LogP contribution >= 0.6 is 11.8 Å². The third-order valence-corrected chi connectivity index (χ3v) is 15.9. The van der Waals surface area contributed by atoms with Crippen LogP contribution in [0.1, 0.15) is 89.4 Å². The summed E-state index contributed by atoms with van der Waals surface area (Å²) in [6, 6.07) is 29.0. The van der Waals surface area contributed by atoms with E-state index < -0.39 is 5.25 Å². The first-order valence-electron chi connectivity index (χ1n) is 24.8. The average Bonchev–Trinajstić information content (AvgIpc) is 3.97. The van der Waals surface area contributed by atoms with Crippen molar-refractivity contribution < 1.29 is 42.9 Å². The van der Waals surface area contributed by atoms with Crippen LogP contribution in [0, 0.1) is 0 Å². The lowest BCUT2D eigenvalue weighted by molar-refractivity contribution is -0.138. The fourth-order valence-electron chi connectivity index (χ4n) is 10.6. The number of rotatable bonds is 18. The Balaban J connectivity index is 0.879. The molecule has 3 atom stereocenters. The normalized spacial score (nSPS) is 18.5. The highest BCUT2D eigenvalue weighted by atomic mass is 32.2. The molecule has 1 saturated heterocycles. The fourth-order valence-corrected chi connectivity index (χ4v) is 12.1. The summed E-state index contributed by atoms with van der Waals surface area (Å²) in [5.74, 6) is 1.03. The van der Waals surface area contributed by atoms with E-state index in [4.69, 9.17) is 23.9 Å². The lowest BCUT2D eigenvalue weighted by Crippen LogP contribution is -2.39. The Kier molecular flexibility index (Phi) is 13.7. The summed E-state index contributed by atoms with van der Waals surface area (Å²) in [7, 11) is 5.16. The van der Waals surface area contributed by atoms with E-state index in [0.717, 1.165) is 58.6 Å². The van der Waals surface area contributed by atoms with Crippen LogP contribution in [-0.4, -0.2) is 104 Å². The first kappa shape index (κ1) is 49.3. The van der Waals surface area contributed by atoms with Crippen LogP contribution in [0.5, 0.6) is 23.0 Å². The molecule has 5 aliphatic rings. The zero-order chi connectivity index (χ0) is 51.1. The Bertz CT molecular complexity index is 3070. The van der Waals surface area contributed by atoms with Gasteiger partial charge in [-0.3, -0.25) is 38.8 Å². The number of aliphatic imine (C=N–C) groups is 1. The molecule has 5 aliphatic heterocycles. The van der Waals surface area contributed by atoms with E-state index in [-0.39, 0.29) is 78.8 Å². The number of fused-ring (bicyclic) bond motifs is 8. The quantitative estimate of drug-likeness (QED) is 0.0832. The molecule has 0 aliphatic carbocycles. The number of methoxy groups -OCH3 is 2. The summed E-state index contributed by atoms with van der Waals surface area (Å²) in [5.41, 5.74) is 8.83. The number of ketones is 1. The third-order valence-electron chi connectivity index (χ3n) is 14.4. The molecule has 5 heterocycles. The minimum Gasteiger partial charge on any atom is -0.493 e. The highest BCUT2D eigenvalue weighted by molar-refractivity contribution is 8.02. The molecule has 15 nitrogen and oxygen atoms in total. The van der Waals surface area contributed by atoms with Gasteiger partial charge in [0.15, 0.2) is 23.0 Å². The van der Waals surface area contributed by atoms with Gasteiger partial charge in [-0.25, -0.2) is 0 Å². The first-order chi connectivity index (χ1) is 35.2. The van der Waals surface area contributed by atoms with Crippen molar-refractivity contribution in [1.82, 2.24) is 4.90 Å². The van der Waals surface area contributed by atoms with E-state index in [2.05, 4.69) is 42.3 Å². The number of carbonyl (C=O) groups excluding carboxylic acids is 5. The molecule has 0 spiro atoms. The monoisotopic (exact) mass is 1000 g/mol. The molecule has 1 unspecified atom stereocenters. The molecule has 0 radical (unpaired) electrons. The molecule has 378 valence electrons. The number of ether oxygens (including phenoxy) is 4. The van der Waals surface area contributed by atoms with Gasteiger partial charge in [0.25, 0.3) is 11.8 Å². The van der Waals surface area contributed by atoms with Gasteiger partial charge in [0.2, 0.25) is 11.8 Å². The van der Waals surface area contributed by atoms with Gasteiger partial charge in [-0.05, 0) is 90.9 Å². The number of imide groups is 1. The Morgan fingerprint density at radius 3 is 2.10 bits per heavy atom. The van der Waals surface area contributed by atoms with E-state index in [1.54, 1.807) is 37.3 Å². The number of thioether (sulfide) groups is 1. The number of amides is 4. The number of likely N-dealkylation sites (tertiary alicyclic amines) is 1. The Labute approximate surface area is 429 Å². The molecule has 10 rings (SSSR count). The smallest absolute Gasteiger partial charge is 0.261 e. The summed E-state index contributed by atoms with van der Waals surface area (Å²) in [6.07, 6.45) is 5.17. The van der Waals surface area contributed by atoms with Crippen molar-refractivity contribution in [3.8, 4) is 23.0 Å². The van der Waals surface area contributed by atoms with Crippen LogP contribution in [0.15, 0.2) is 96.0 Å². The Hall–Kier alpha value is -7.33. The van der Waals surface area contributed by atoms with Crippen molar-refractivity contribution in [2.24, 2.45) is 4.99 Å². The maximum absolute atomic E-state index is 14.2. The second-order valence-corrected chi connectivity index (χ2v) is 21.9. The van der Waals surface area contributed by atoms with Gasteiger partial charge in [0.1, 0.15) is 19.0 Å². The summed E-state index contributed by atoms with van der Waals surface area (Å²) >= 11 is 1.53. The third kappa shape index (κ3) is 9.96. The minimum atomic E-state index is -0.476. The molecular weight excluding hydrogens is 945 g/mol. The second-order valence-electron chi connectivity index (χ2n) is 20.0. The van der Waals surface area contributed by atoms with Gasteiger partial charge in [0, 0.05) is 86.1 Å². The molecule has 4 amide bonds. The molecule has 73 heavy (non-hydrogen) atoms. The van der Waals surface area contributed by atoms with Crippen LogP contribution < -0.4 is 39.0 Å². The van der Waals surface area contributed by atoms with Crippen LogP contribution in [0.3, 0.4) is 0 Å². The molecule has 5 aromatic carbocycles. The first-order valence-corrected chi connectivity index (χ1v) is 25.7. The maximum atomic E-state index is 14.2. The van der Waals surface area contributed by atoms with E-state index >= 15 is 0 Å². The van der Waals surface area contributed by atoms with Crippen LogP contribution in [0.4, 0.5) is 28.4 Å². The van der Waals surface area contributed by atoms with Crippen molar-refractivity contribution in [3.05, 3.63) is 124 Å². The minimum absolute atomic E-state index is 0.0211. The zero-order valence-corrected chi connectivity index (χ0v) is 42.9. The fraction of sp³-hybridized carbons (Fsp3) is 0.368. The van der Waals surface area contributed by atoms with Crippen LogP contribution in [0.25, 0.3) is 0 Å². The molecule has 0 saturated carbocycles. The molecule has 16 heteroatoms. The second kappa shape index (κ2) is 20.3. The van der Waals surface area contributed by atoms with Crippen LogP contribution in [0.2, 0.25) is 0 Å². The summed E-state index contributed by atoms with van der Waals surface area (Å²) in [5, 5.41) is 3.05. The van der Waals surface area contributed by atoms with Crippen molar-refractivity contribution in [2.45, 2.75) is 94.6 Å². The van der Waals surface area contributed by atoms with Crippen molar-refractivity contribution in [3.63, 3.8) is 0 Å². The van der Waals surface area contributed by atoms with Crippen molar-refractivity contribution in [2.75, 3.05) is 60.9 Å². The Morgan fingerprint density at radius 2 is 1.41 bits per heavy atom. The highest BCUT2D eigenvalue weighted by Crippen LogP contribution is 2.44. The highest BCUT2D eigenvalue weighted by Gasteiger charge is 2.42. The van der Waals surface area contributed by atoms with E-state index in [1.165, 1.54) is 23.6 Å². The molecule has 0 aromatic heterocycles. The number of Topliss-reactive ketones (excluding diaryl/α,β-unsaturated/α-hetero) is 1. The largest absolute Gasteiger partial charge is 0.493 e. The number of hydrogen-bond acceptors (Lipinski definition) is 13. The summed E-state index contributed by atoms with van der Waals surface area (Å²) in [6.45, 7) is 7.39. The zero-order valence-electron chi connectivity index (χ0n) is 42.1. The summed E-state index contributed by atoms with van der Waals surface area (Å²) < 4.78 is 24.5. The van der Waals surface area contributed by atoms with E-state index in [9.17, 15) is 24.0 Å². The van der Waals surface area contributed by atoms with Gasteiger partial charge in [-0.2, -0.15) is 0 Å². The van der Waals surface area contributed by atoms with Gasteiger partial charge < -0.3 is 34.1 Å². The van der Waals surface area contributed by atoms with Gasteiger partial charge >= 0.3 is 0 Å². The summed E-state index contributed by atoms with van der Waals surface area (Å²) in [4.78, 5) is 77.7. The van der Waals surface area contributed by atoms with E-state index in [1.807, 2.05) is 72.8 Å². The number of nitrogens with one attached hydrogen (secondary N) is 1. The average molecular weight is 1010 g/mol. The number of carbonyl (C=O) groups is 5. The molecule has 1 fully saturated rings. The SMILES string of the molecule is COc1cc2c(cc1OCc1cc(COc3cc4c(cc3OC)C(=O)N3c5ccccc5C[C@H]3CN4)cc(N(C)CCCC(C)(C)SC3CC(=O)N(CCC(C)=O)C3=O)c1)N=C[C@@H]1Cc3ccccc3N1C2=O. The predicted octanol–water partition coefficient (Wildman–Crippen LogP) is 8.98. The Morgan fingerprint density at radius 1 is 0.781 bits per heavy atom. The molecule has 0 bridgehead atoms. The molecule has 1 N–H and O–H groups in total. The lowest BCUT2D eigenvalue weighted by Gasteiger charge is -2.28. The standard InChI is InChI=1S/C57H60N6O9S/c1-34(64)16-19-61-53(65)29-52(56(61)68)73-57(2,3)17-11-18-60(4)39-21-35(32-71-50-27-44-42(25-48(50)69-5)54(66)62-40(30-58-44)23-37-12-7-9-14-46(37)62)20-36(22-39)33-72-51-28-45-43(26-49(51)70-6)55(67)63-41(31-59-45)24-38-13-8-10-15-47(38)63/h7-10,12-15,20-22,25-28,30,40-41,52,59H,11,16-19,23-24,29,31-33H2,1-6H3/t40-,41-,52?/m0/s1. The van der Waals surface area contributed by atoms with E-state index in [0.29, 0.717) is 65.0 Å². The van der Waals surface area contributed by atoms with Crippen molar-refractivity contribution >= 4 is 75.8 Å². The number of anilines is 4. The molecular formula is C57H60N6O9S. The topological polar surface area (TPSA) is 160 Å². The number of nitrogens with zero attached hydrogens (tertiary/aromatic N) is 5. The lowest BCUT2D eigenvalue weighted by atomic mass is 10.1. The van der Waals surface area contributed by atoms with Crippen LogP contribution in [-0.2, 0) is 40.4 Å². The number of para-hydroxylation sites is 2. The van der Waals surface area contributed by atoms with Gasteiger partial charge in [0.05, 0.1) is 54.1 Å². The number of benzene rings is 5. The molecule has 5 aromatic rings. The predicted molar refractivity (Wildman–Crippen MR) is 284 cm³/mol. The number of hydrogen-bond donors (Lipinski definition) is 1. The van der Waals surface area contributed by atoms with Gasteiger partial charge in [-0.1, -0.05) is 50.2 Å².